The van der Waals surface area contributed by atoms with E-state index < -0.39 is 0 Å². The number of rotatable bonds is 5. The van der Waals surface area contributed by atoms with Gasteiger partial charge in [-0.15, -0.1) is 0 Å². The SMILES string of the molecule is CCc1ccc(NC(=O)N2CCN(c3cc(-c4cccc(OC)c4)ncn3)CC2)cc1. The molecule has 1 N–H and O–H groups in total. The monoisotopic (exact) mass is 417 g/mol. The first-order valence-electron chi connectivity index (χ1n) is 10.5. The van der Waals surface area contributed by atoms with Crippen molar-refractivity contribution in [1.82, 2.24) is 14.9 Å². The van der Waals surface area contributed by atoms with E-state index in [2.05, 4.69) is 27.1 Å². The molecule has 3 aromatic rings. The van der Waals surface area contributed by atoms with Crippen molar-refractivity contribution in [3.8, 4) is 17.0 Å². The predicted molar refractivity (Wildman–Crippen MR) is 123 cm³/mol. The number of ether oxygens (including phenoxy) is 1. The molecule has 7 heteroatoms. The first-order chi connectivity index (χ1) is 15.2. The summed E-state index contributed by atoms with van der Waals surface area (Å²) in [6, 6.07) is 17.7. The van der Waals surface area contributed by atoms with Crippen LogP contribution in [-0.2, 0) is 6.42 Å². The Kier molecular flexibility index (Phi) is 6.31. The Balaban J connectivity index is 1.37. The summed E-state index contributed by atoms with van der Waals surface area (Å²) < 4.78 is 5.31. The Morgan fingerprint density at radius 3 is 2.52 bits per heavy atom. The zero-order valence-corrected chi connectivity index (χ0v) is 17.9. The molecule has 160 valence electrons. The van der Waals surface area contributed by atoms with Crippen LogP contribution in [-0.4, -0.2) is 54.2 Å². The molecule has 0 unspecified atom stereocenters. The van der Waals surface area contributed by atoms with Crippen molar-refractivity contribution in [3.05, 3.63) is 66.5 Å². The molecule has 0 spiro atoms. The van der Waals surface area contributed by atoms with Gasteiger partial charge in [0.2, 0.25) is 0 Å². The van der Waals surface area contributed by atoms with E-state index in [0.717, 1.165) is 48.0 Å². The van der Waals surface area contributed by atoms with Gasteiger partial charge in [0.15, 0.2) is 0 Å². The molecule has 0 atom stereocenters. The summed E-state index contributed by atoms with van der Waals surface area (Å²) in [7, 11) is 1.65. The van der Waals surface area contributed by atoms with E-state index in [-0.39, 0.29) is 6.03 Å². The third-order valence-electron chi connectivity index (χ3n) is 5.52. The number of carbonyl (C=O) groups excluding carboxylic acids is 1. The molecular formula is C24H27N5O2. The Labute approximate surface area is 182 Å². The number of nitrogens with zero attached hydrogens (tertiary/aromatic N) is 4. The highest BCUT2D eigenvalue weighted by atomic mass is 16.5. The van der Waals surface area contributed by atoms with Gasteiger partial charge in [0, 0.05) is 43.5 Å². The number of aryl methyl sites for hydroxylation is 1. The zero-order valence-electron chi connectivity index (χ0n) is 17.9. The lowest BCUT2D eigenvalue weighted by Crippen LogP contribution is -2.50. The van der Waals surface area contributed by atoms with E-state index in [1.807, 2.05) is 59.5 Å². The Morgan fingerprint density at radius 2 is 1.81 bits per heavy atom. The maximum atomic E-state index is 12.6. The minimum Gasteiger partial charge on any atom is -0.497 e. The number of benzene rings is 2. The maximum absolute atomic E-state index is 12.6. The van der Waals surface area contributed by atoms with Crippen LogP contribution in [0.4, 0.5) is 16.3 Å². The molecule has 0 aliphatic carbocycles. The van der Waals surface area contributed by atoms with Crippen molar-refractivity contribution in [2.45, 2.75) is 13.3 Å². The maximum Gasteiger partial charge on any atom is 0.321 e. The number of urea groups is 1. The number of anilines is 2. The molecule has 7 nitrogen and oxygen atoms in total. The number of aromatic nitrogens is 2. The first kappa shape index (κ1) is 20.7. The molecule has 0 radical (unpaired) electrons. The topological polar surface area (TPSA) is 70.6 Å². The van der Waals surface area contributed by atoms with Gasteiger partial charge in [-0.25, -0.2) is 14.8 Å². The number of hydrogen-bond acceptors (Lipinski definition) is 5. The van der Waals surface area contributed by atoms with Crippen LogP contribution >= 0.6 is 0 Å². The number of amides is 2. The molecule has 2 aromatic carbocycles. The highest BCUT2D eigenvalue weighted by Crippen LogP contribution is 2.25. The predicted octanol–water partition coefficient (Wildman–Crippen LogP) is 4.07. The molecule has 2 amide bonds. The minimum atomic E-state index is -0.0661. The summed E-state index contributed by atoms with van der Waals surface area (Å²) in [4.78, 5) is 25.5. The summed E-state index contributed by atoms with van der Waals surface area (Å²) in [6.45, 7) is 4.83. The van der Waals surface area contributed by atoms with Crippen molar-refractivity contribution >= 4 is 17.5 Å². The average molecular weight is 418 g/mol. The fraction of sp³-hybridized carbons (Fsp3) is 0.292. The molecular weight excluding hydrogens is 390 g/mol. The fourth-order valence-electron chi connectivity index (χ4n) is 3.63. The van der Waals surface area contributed by atoms with Gasteiger partial charge in [0.1, 0.15) is 17.9 Å². The van der Waals surface area contributed by atoms with Crippen molar-refractivity contribution in [1.29, 1.82) is 0 Å². The lowest BCUT2D eigenvalue weighted by molar-refractivity contribution is 0.208. The zero-order chi connectivity index (χ0) is 21.6. The lowest BCUT2D eigenvalue weighted by Gasteiger charge is -2.35. The summed E-state index contributed by atoms with van der Waals surface area (Å²) in [6.07, 6.45) is 2.57. The van der Waals surface area contributed by atoms with Crippen LogP contribution in [0.15, 0.2) is 60.9 Å². The second kappa shape index (κ2) is 9.47. The third-order valence-corrected chi connectivity index (χ3v) is 5.52. The van der Waals surface area contributed by atoms with Crippen LogP contribution in [0, 0.1) is 0 Å². The molecule has 1 aliphatic heterocycles. The number of methoxy groups -OCH3 is 1. The molecule has 0 saturated carbocycles. The van der Waals surface area contributed by atoms with Gasteiger partial charge in [0.05, 0.1) is 12.8 Å². The molecule has 1 aromatic heterocycles. The molecule has 2 heterocycles. The van der Waals surface area contributed by atoms with Crippen LogP contribution in [0.5, 0.6) is 5.75 Å². The number of nitrogens with one attached hydrogen (secondary N) is 1. The van der Waals surface area contributed by atoms with Gasteiger partial charge < -0.3 is 19.9 Å². The van der Waals surface area contributed by atoms with Crippen molar-refractivity contribution in [3.63, 3.8) is 0 Å². The number of hydrogen-bond donors (Lipinski definition) is 1. The van der Waals surface area contributed by atoms with Crippen LogP contribution < -0.4 is 15.0 Å². The Morgan fingerprint density at radius 1 is 1.03 bits per heavy atom. The Hall–Kier alpha value is -3.61. The third kappa shape index (κ3) is 4.94. The molecule has 31 heavy (non-hydrogen) atoms. The summed E-state index contributed by atoms with van der Waals surface area (Å²) in [5, 5.41) is 2.99. The van der Waals surface area contributed by atoms with E-state index in [1.54, 1.807) is 13.4 Å². The van der Waals surface area contributed by atoms with E-state index in [9.17, 15) is 4.79 Å². The van der Waals surface area contributed by atoms with Gasteiger partial charge in [0.25, 0.3) is 0 Å². The molecule has 1 fully saturated rings. The summed E-state index contributed by atoms with van der Waals surface area (Å²) in [5.41, 5.74) is 3.91. The van der Waals surface area contributed by atoms with E-state index >= 15 is 0 Å². The van der Waals surface area contributed by atoms with Crippen LogP contribution in [0.3, 0.4) is 0 Å². The number of carbonyl (C=O) groups is 1. The van der Waals surface area contributed by atoms with E-state index in [4.69, 9.17) is 4.74 Å². The standard InChI is InChI=1S/C24H27N5O2/c1-3-18-7-9-20(10-8-18)27-24(30)29-13-11-28(12-14-29)23-16-22(25-17-26-23)19-5-4-6-21(15-19)31-2/h4-10,15-17H,3,11-14H2,1-2H3,(H,27,30). The van der Waals surface area contributed by atoms with Gasteiger partial charge >= 0.3 is 6.03 Å². The van der Waals surface area contributed by atoms with Gasteiger partial charge in [-0.05, 0) is 36.2 Å². The van der Waals surface area contributed by atoms with Crippen molar-refractivity contribution in [2.75, 3.05) is 43.5 Å². The minimum absolute atomic E-state index is 0.0661. The van der Waals surface area contributed by atoms with Crippen LogP contribution in [0.1, 0.15) is 12.5 Å². The van der Waals surface area contributed by atoms with Crippen LogP contribution in [0.25, 0.3) is 11.3 Å². The summed E-state index contributed by atoms with van der Waals surface area (Å²) >= 11 is 0. The summed E-state index contributed by atoms with van der Waals surface area (Å²) in [5.74, 6) is 1.66. The second-order valence-corrected chi connectivity index (χ2v) is 7.45. The molecule has 1 aliphatic rings. The number of piperazine rings is 1. The molecule has 1 saturated heterocycles. The van der Waals surface area contributed by atoms with Crippen LogP contribution in [0.2, 0.25) is 0 Å². The highest BCUT2D eigenvalue weighted by Gasteiger charge is 2.22. The van der Waals surface area contributed by atoms with Crippen molar-refractivity contribution in [2.24, 2.45) is 0 Å². The van der Waals surface area contributed by atoms with E-state index in [0.29, 0.717) is 13.1 Å². The van der Waals surface area contributed by atoms with Gasteiger partial charge in [-0.1, -0.05) is 31.2 Å². The van der Waals surface area contributed by atoms with E-state index in [1.165, 1.54) is 5.56 Å². The van der Waals surface area contributed by atoms with Gasteiger partial charge in [-0.3, -0.25) is 0 Å². The van der Waals surface area contributed by atoms with Crippen molar-refractivity contribution < 1.29 is 9.53 Å². The normalized spacial score (nSPS) is 13.7. The Bertz CT molecular complexity index is 1030. The highest BCUT2D eigenvalue weighted by molar-refractivity contribution is 5.89. The quantitative estimate of drug-likeness (QED) is 0.678. The smallest absolute Gasteiger partial charge is 0.321 e. The second-order valence-electron chi connectivity index (χ2n) is 7.45. The lowest BCUT2D eigenvalue weighted by atomic mass is 10.1. The average Bonchev–Trinajstić information content (AvgIpc) is 2.84. The first-order valence-corrected chi connectivity index (χ1v) is 10.5. The molecule has 0 bridgehead atoms. The molecule has 4 rings (SSSR count). The fourth-order valence-corrected chi connectivity index (χ4v) is 3.63. The van der Waals surface area contributed by atoms with Gasteiger partial charge in [-0.2, -0.15) is 0 Å². The largest absolute Gasteiger partial charge is 0.497 e.